The van der Waals surface area contributed by atoms with Crippen molar-refractivity contribution in [3.63, 3.8) is 0 Å². The summed E-state index contributed by atoms with van der Waals surface area (Å²) in [5.74, 6) is -0.141. The first kappa shape index (κ1) is 22.6. The highest BCUT2D eigenvalue weighted by atomic mass is 35.5. The molecule has 0 aromatic heterocycles. The Labute approximate surface area is 190 Å². The summed E-state index contributed by atoms with van der Waals surface area (Å²) in [6, 6.07) is 21.7. The predicted octanol–water partition coefficient (Wildman–Crippen LogP) is 5.17. The van der Waals surface area contributed by atoms with Crippen molar-refractivity contribution >= 4 is 46.4 Å². The number of hydrogen-bond acceptors (Lipinski definition) is 4. The topological polar surface area (TPSA) is 76.7 Å². The van der Waals surface area contributed by atoms with Gasteiger partial charge in [-0.25, -0.2) is 0 Å². The summed E-state index contributed by atoms with van der Waals surface area (Å²) in [6.07, 6.45) is 0. The number of benzene rings is 3. The first-order valence-corrected chi connectivity index (χ1v) is 10.1. The van der Waals surface area contributed by atoms with Gasteiger partial charge in [-0.05, 0) is 42.0 Å². The van der Waals surface area contributed by atoms with E-state index in [4.69, 9.17) is 32.7 Å². The Hall–Kier alpha value is -3.06. The second-order valence-corrected chi connectivity index (χ2v) is 7.27. The van der Waals surface area contributed by atoms with Crippen molar-refractivity contribution in [1.29, 1.82) is 0 Å². The molecule has 6 nitrogen and oxygen atoms in total. The van der Waals surface area contributed by atoms with E-state index < -0.39 is 5.91 Å². The van der Waals surface area contributed by atoms with E-state index in [9.17, 15) is 9.59 Å². The van der Waals surface area contributed by atoms with E-state index in [2.05, 4.69) is 10.6 Å². The van der Waals surface area contributed by atoms with Crippen molar-refractivity contribution in [3.8, 4) is 5.75 Å². The second-order valence-electron chi connectivity index (χ2n) is 6.49. The fourth-order valence-corrected chi connectivity index (χ4v) is 2.94. The van der Waals surface area contributed by atoms with E-state index in [0.29, 0.717) is 28.8 Å². The van der Waals surface area contributed by atoms with Crippen LogP contribution in [0.5, 0.6) is 5.75 Å². The van der Waals surface area contributed by atoms with Crippen molar-refractivity contribution in [3.05, 3.63) is 88.4 Å². The van der Waals surface area contributed by atoms with E-state index in [1.807, 2.05) is 30.3 Å². The highest BCUT2D eigenvalue weighted by Gasteiger charge is 2.10. The van der Waals surface area contributed by atoms with Crippen molar-refractivity contribution in [2.24, 2.45) is 0 Å². The standard InChI is InChI=1S/C23H20Cl2N2O4/c24-19-7-4-8-20(23(19)25)27-22(29)15-30-14-21(28)26-17-9-11-18(12-10-17)31-13-16-5-2-1-3-6-16/h1-12H,13-15H2,(H,26,28)(H,27,29). The van der Waals surface area contributed by atoms with Crippen LogP contribution in [0.1, 0.15) is 5.56 Å². The van der Waals surface area contributed by atoms with Gasteiger partial charge in [0.05, 0.1) is 15.7 Å². The minimum atomic E-state index is -0.447. The van der Waals surface area contributed by atoms with Crippen molar-refractivity contribution in [1.82, 2.24) is 0 Å². The molecule has 0 aliphatic rings. The monoisotopic (exact) mass is 458 g/mol. The van der Waals surface area contributed by atoms with E-state index in [-0.39, 0.29) is 24.1 Å². The maximum Gasteiger partial charge on any atom is 0.250 e. The van der Waals surface area contributed by atoms with Gasteiger partial charge in [-0.3, -0.25) is 9.59 Å². The third kappa shape index (κ3) is 7.29. The SMILES string of the molecule is O=C(COCC(=O)Nc1cccc(Cl)c1Cl)Nc1ccc(OCc2ccccc2)cc1. The molecule has 2 N–H and O–H groups in total. The van der Waals surface area contributed by atoms with Gasteiger partial charge in [0.1, 0.15) is 25.6 Å². The Balaban J connectivity index is 1.38. The number of nitrogens with one attached hydrogen (secondary N) is 2. The third-order valence-corrected chi connectivity index (χ3v) is 4.90. The number of amides is 2. The molecule has 0 aliphatic carbocycles. The van der Waals surface area contributed by atoms with Crippen LogP contribution in [0.2, 0.25) is 10.0 Å². The molecule has 0 unspecified atom stereocenters. The van der Waals surface area contributed by atoms with Gasteiger partial charge >= 0.3 is 0 Å². The zero-order valence-electron chi connectivity index (χ0n) is 16.4. The fraction of sp³-hybridized carbons (Fsp3) is 0.130. The molecule has 2 amide bonds. The van der Waals surface area contributed by atoms with Crippen LogP contribution in [0.15, 0.2) is 72.8 Å². The molecule has 3 aromatic rings. The van der Waals surface area contributed by atoms with Crippen molar-refractivity contribution in [2.45, 2.75) is 6.61 Å². The number of halogens is 2. The molecule has 8 heteroatoms. The van der Waals surface area contributed by atoms with Gasteiger partial charge in [-0.15, -0.1) is 0 Å². The van der Waals surface area contributed by atoms with Gasteiger partial charge in [-0.2, -0.15) is 0 Å². The maximum atomic E-state index is 12.0. The fourth-order valence-electron chi connectivity index (χ4n) is 2.60. The Morgan fingerprint density at radius 3 is 2.16 bits per heavy atom. The minimum absolute atomic E-state index is 0.242. The molecule has 0 heterocycles. The van der Waals surface area contributed by atoms with Crippen LogP contribution in [0.3, 0.4) is 0 Å². The highest BCUT2D eigenvalue weighted by Crippen LogP contribution is 2.29. The average molecular weight is 459 g/mol. The predicted molar refractivity (Wildman–Crippen MR) is 122 cm³/mol. The van der Waals surface area contributed by atoms with Crippen LogP contribution in [0.4, 0.5) is 11.4 Å². The molecule has 0 saturated carbocycles. The molecule has 160 valence electrons. The van der Waals surface area contributed by atoms with Gasteiger partial charge in [0, 0.05) is 5.69 Å². The molecule has 0 spiro atoms. The molecule has 0 bridgehead atoms. The van der Waals surface area contributed by atoms with Crippen LogP contribution in [-0.2, 0) is 20.9 Å². The lowest BCUT2D eigenvalue weighted by Crippen LogP contribution is -2.24. The second kappa shape index (κ2) is 11.4. The van der Waals surface area contributed by atoms with Gasteiger partial charge in [0.2, 0.25) is 11.8 Å². The Kier molecular flexibility index (Phi) is 8.29. The van der Waals surface area contributed by atoms with E-state index in [1.54, 1.807) is 42.5 Å². The minimum Gasteiger partial charge on any atom is -0.489 e. The summed E-state index contributed by atoms with van der Waals surface area (Å²) in [4.78, 5) is 23.9. The lowest BCUT2D eigenvalue weighted by Gasteiger charge is -2.10. The van der Waals surface area contributed by atoms with E-state index in [1.165, 1.54) is 0 Å². The zero-order valence-corrected chi connectivity index (χ0v) is 18.0. The lowest BCUT2D eigenvalue weighted by atomic mass is 10.2. The van der Waals surface area contributed by atoms with Crippen molar-refractivity contribution < 1.29 is 19.1 Å². The Morgan fingerprint density at radius 2 is 1.45 bits per heavy atom. The quantitative estimate of drug-likeness (QED) is 0.463. The molecular weight excluding hydrogens is 439 g/mol. The molecule has 0 fully saturated rings. The van der Waals surface area contributed by atoms with Gasteiger partial charge in [0.25, 0.3) is 0 Å². The number of ether oxygens (including phenoxy) is 2. The van der Waals surface area contributed by atoms with E-state index >= 15 is 0 Å². The van der Waals surface area contributed by atoms with Crippen LogP contribution >= 0.6 is 23.2 Å². The summed E-state index contributed by atoms with van der Waals surface area (Å²) in [7, 11) is 0. The van der Waals surface area contributed by atoms with Crippen molar-refractivity contribution in [2.75, 3.05) is 23.8 Å². The smallest absolute Gasteiger partial charge is 0.250 e. The zero-order chi connectivity index (χ0) is 22.1. The van der Waals surface area contributed by atoms with Gasteiger partial charge < -0.3 is 20.1 Å². The number of carbonyl (C=O) groups is 2. The number of rotatable bonds is 9. The molecule has 3 aromatic carbocycles. The molecule has 0 saturated heterocycles. The Morgan fingerprint density at radius 1 is 0.774 bits per heavy atom. The summed E-state index contributed by atoms with van der Waals surface area (Å²) in [5, 5.41) is 5.84. The largest absolute Gasteiger partial charge is 0.489 e. The number of anilines is 2. The first-order valence-electron chi connectivity index (χ1n) is 9.39. The molecule has 0 aliphatic heterocycles. The summed E-state index contributed by atoms with van der Waals surface area (Å²) >= 11 is 11.9. The molecular formula is C23H20Cl2N2O4. The van der Waals surface area contributed by atoms with Gasteiger partial charge in [0.15, 0.2) is 0 Å². The maximum absolute atomic E-state index is 12.0. The Bertz CT molecular complexity index is 1030. The summed E-state index contributed by atoms with van der Waals surface area (Å²) < 4.78 is 10.9. The summed E-state index contributed by atoms with van der Waals surface area (Å²) in [6.45, 7) is -0.117. The number of carbonyl (C=O) groups excluding carboxylic acids is 2. The molecule has 3 rings (SSSR count). The van der Waals surface area contributed by atoms with Crippen LogP contribution in [-0.4, -0.2) is 25.0 Å². The first-order chi connectivity index (χ1) is 15.0. The average Bonchev–Trinajstić information content (AvgIpc) is 2.77. The van der Waals surface area contributed by atoms with E-state index in [0.717, 1.165) is 5.56 Å². The van der Waals surface area contributed by atoms with Crippen LogP contribution < -0.4 is 15.4 Å². The normalized spacial score (nSPS) is 10.4. The molecule has 0 atom stereocenters. The van der Waals surface area contributed by atoms with Gasteiger partial charge in [-0.1, -0.05) is 59.6 Å². The molecule has 0 radical (unpaired) electrons. The van der Waals surface area contributed by atoms with Crippen LogP contribution in [0.25, 0.3) is 0 Å². The lowest BCUT2D eigenvalue weighted by molar-refractivity contribution is -0.125. The van der Waals surface area contributed by atoms with Crippen LogP contribution in [0, 0.1) is 0 Å². The summed E-state index contributed by atoms with van der Waals surface area (Å²) in [5.41, 5.74) is 2.04. The molecule has 31 heavy (non-hydrogen) atoms. The third-order valence-electron chi connectivity index (χ3n) is 4.08. The highest BCUT2D eigenvalue weighted by molar-refractivity contribution is 6.44. The number of hydrogen-bond donors (Lipinski definition) is 2.